The highest BCUT2D eigenvalue weighted by Crippen LogP contribution is 2.23. The van der Waals surface area contributed by atoms with E-state index in [0.717, 1.165) is 12.0 Å². The van der Waals surface area contributed by atoms with Crippen molar-refractivity contribution in [2.75, 3.05) is 0 Å². The number of hydrogen-bond acceptors (Lipinski definition) is 4. The summed E-state index contributed by atoms with van der Waals surface area (Å²) in [4.78, 5) is 22.7. The Morgan fingerprint density at radius 1 is 1.17 bits per heavy atom. The lowest BCUT2D eigenvalue weighted by Gasteiger charge is -2.15. The van der Waals surface area contributed by atoms with Crippen LogP contribution in [0.5, 0.6) is 0 Å². The average molecular weight is 313 g/mol. The van der Waals surface area contributed by atoms with Crippen molar-refractivity contribution < 1.29 is 14.5 Å². The summed E-state index contributed by atoms with van der Waals surface area (Å²) in [6, 6.07) is 15.6. The normalized spacial score (nSPS) is 11.7. The number of ether oxygens (including phenoxy) is 1. The van der Waals surface area contributed by atoms with Gasteiger partial charge in [-0.1, -0.05) is 55.8 Å². The predicted molar refractivity (Wildman–Crippen MR) is 87.0 cm³/mol. The maximum atomic E-state index is 12.4. The van der Waals surface area contributed by atoms with Crippen LogP contribution >= 0.6 is 0 Å². The molecule has 2 rings (SSSR count). The van der Waals surface area contributed by atoms with Gasteiger partial charge in [0.2, 0.25) is 0 Å². The van der Waals surface area contributed by atoms with E-state index in [0.29, 0.717) is 12.0 Å². The van der Waals surface area contributed by atoms with Crippen LogP contribution in [0.25, 0.3) is 0 Å². The summed E-state index contributed by atoms with van der Waals surface area (Å²) in [5.41, 5.74) is 1.53. The van der Waals surface area contributed by atoms with Gasteiger partial charge in [0, 0.05) is 12.1 Å². The maximum absolute atomic E-state index is 12.4. The highest BCUT2D eigenvalue weighted by atomic mass is 16.6. The third-order valence-corrected chi connectivity index (χ3v) is 3.57. The van der Waals surface area contributed by atoms with Gasteiger partial charge in [-0.3, -0.25) is 14.9 Å². The summed E-state index contributed by atoms with van der Waals surface area (Å²) < 4.78 is 5.37. The summed E-state index contributed by atoms with van der Waals surface area (Å²) in [5, 5.41) is 10.8. The molecule has 0 saturated heterocycles. The lowest BCUT2D eigenvalue weighted by molar-refractivity contribution is -0.384. The molecule has 0 aromatic heterocycles. The molecule has 1 atom stereocenters. The molecule has 0 N–H and O–H groups in total. The van der Waals surface area contributed by atoms with E-state index < -0.39 is 4.92 Å². The first-order valence-electron chi connectivity index (χ1n) is 7.56. The molecule has 120 valence electrons. The SMILES string of the molecule is CCCC(C(=O)OCc1cccc([N+](=O)[O-])c1)c1ccccc1. The Kier molecular flexibility index (Phi) is 5.86. The van der Waals surface area contributed by atoms with E-state index in [9.17, 15) is 14.9 Å². The van der Waals surface area contributed by atoms with Crippen LogP contribution < -0.4 is 0 Å². The molecule has 2 aromatic rings. The monoisotopic (exact) mass is 313 g/mol. The summed E-state index contributed by atoms with van der Waals surface area (Å²) >= 11 is 0. The lowest BCUT2D eigenvalue weighted by atomic mass is 9.95. The van der Waals surface area contributed by atoms with Crippen molar-refractivity contribution in [3.05, 3.63) is 75.8 Å². The van der Waals surface area contributed by atoms with Crippen molar-refractivity contribution in [2.45, 2.75) is 32.3 Å². The largest absolute Gasteiger partial charge is 0.460 e. The number of esters is 1. The summed E-state index contributed by atoms with van der Waals surface area (Å²) in [6.07, 6.45) is 1.57. The molecular weight excluding hydrogens is 294 g/mol. The second-order valence-electron chi connectivity index (χ2n) is 5.29. The van der Waals surface area contributed by atoms with Crippen molar-refractivity contribution >= 4 is 11.7 Å². The van der Waals surface area contributed by atoms with E-state index in [4.69, 9.17) is 4.74 Å². The van der Waals surface area contributed by atoms with Crippen LogP contribution in [0.1, 0.15) is 36.8 Å². The topological polar surface area (TPSA) is 69.4 Å². The molecule has 0 heterocycles. The van der Waals surface area contributed by atoms with Gasteiger partial charge in [0.15, 0.2) is 0 Å². The number of rotatable bonds is 7. The molecule has 5 nitrogen and oxygen atoms in total. The first-order chi connectivity index (χ1) is 11.1. The van der Waals surface area contributed by atoms with Gasteiger partial charge in [-0.05, 0) is 17.5 Å². The summed E-state index contributed by atoms with van der Waals surface area (Å²) in [7, 11) is 0. The molecule has 23 heavy (non-hydrogen) atoms. The molecule has 0 spiro atoms. The van der Waals surface area contributed by atoms with E-state index in [1.807, 2.05) is 37.3 Å². The number of nitro groups is 1. The fraction of sp³-hybridized carbons (Fsp3) is 0.278. The first-order valence-corrected chi connectivity index (χ1v) is 7.56. The Bertz CT molecular complexity index is 670. The zero-order valence-electron chi connectivity index (χ0n) is 13.0. The van der Waals surface area contributed by atoms with Gasteiger partial charge < -0.3 is 4.74 Å². The molecular formula is C18H19NO4. The summed E-state index contributed by atoms with van der Waals surface area (Å²) in [6.45, 7) is 2.05. The average Bonchev–Trinajstić information content (AvgIpc) is 2.58. The number of carbonyl (C=O) groups is 1. The van der Waals surface area contributed by atoms with E-state index in [2.05, 4.69) is 0 Å². The van der Waals surface area contributed by atoms with Crippen molar-refractivity contribution in [3.63, 3.8) is 0 Å². The minimum absolute atomic E-state index is 0.00767. The van der Waals surface area contributed by atoms with E-state index in [1.165, 1.54) is 12.1 Å². The molecule has 0 aliphatic rings. The molecule has 5 heteroatoms. The van der Waals surface area contributed by atoms with Gasteiger partial charge in [0.25, 0.3) is 5.69 Å². The number of nitro benzene ring substituents is 1. The minimum Gasteiger partial charge on any atom is -0.460 e. The van der Waals surface area contributed by atoms with Gasteiger partial charge in [0.05, 0.1) is 10.8 Å². The number of carbonyl (C=O) groups excluding carboxylic acids is 1. The molecule has 0 radical (unpaired) electrons. The first kappa shape index (κ1) is 16.7. The van der Waals surface area contributed by atoms with Crippen LogP contribution in [0.4, 0.5) is 5.69 Å². The highest BCUT2D eigenvalue weighted by Gasteiger charge is 2.21. The number of non-ortho nitro benzene ring substituents is 1. The van der Waals surface area contributed by atoms with E-state index in [-0.39, 0.29) is 24.2 Å². The van der Waals surface area contributed by atoms with Crippen LogP contribution in [0.3, 0.4) is 0 Å². The van der Waals surface area contributed by atoms with Gasteiger partial charge in [-0.15, -0.1) is 0 Å². The van der Waals surface area contributed by atoms with Crippen molar-refractivity contribution in [3.8, 4) is 0 Å². The Morgan fingerprint density at radius 2 is 1.91 bits per heavy atom. The van der Waals surface area contributed by atoms with Gasteiger partial charge in [-0.2, -0.15) is 0 Å². The third kappa shape index (κ3) is 4.64. The van der Waals surface area contributed by atoms with Gasteiger partial charge in [-0.25, -0.2) is 0 Å². The second-order valence-corrected chi connectivity index (χ2v) is 5.29. The lowest BCUT2D eigenvalue weighted by Crippen LogP contribution is -2.16. The van der Waals surface area contributed by atoms with Crippen LogP contribution in [-0.2, 0) is 16.1 Å². The molecule has 0 fully saturated rings. The molecule has 1 unspecified atom stereocenters. The Labute approximate surface area is 135 Å². The maximum Gasteiger partial charge on any atom is 0.313 e. The molecule has 0 bridgehead atoms. The number of benzene rings is 2. The third-order valence-electron chi connectivity index (χ3n) is 3.57. The Balaban J connectivity index is 2.05. The number of hydrogen-bond donors (Lipinski definition) is 0. The predicted octanol–water partition coefficient (Wildman–Crippen LogP) is 4.22. The second kappa shape index (κ2) is 8.08. The Hall–Kier alpha value is -2.69. The van der Waals surface area contributed by atoms with Crippen molar-refractivity contribution in [2.24, 2.45) is 0 Å². The molecule has 0 aliphatic heterocycles. The highest BCUT2D eigenvalue weighted by molar-refractivity contribution is 5.78. The van der Waals surface area contributed by atoms with E-state index in [1.54, 1.807) is 12.1 Å². The van der Waals surface area contributed by atoms with Crippen LogP contribution in [0.15, 0.2) is 54.6 Å². The minimum atomic E-state index is -0.463. The fourth-order valence-corrected chi connectivity index (χ4v) is 2.41. The van der Waals surface area contributed by atoms with Crippen LogP contribution in [0, 0.1) is 10.1 Å². The van der Waals surface area contributed by atoms with Gasteiger partial charge >= 0.3 is 5.97 Å². The van der Waals surface area contributed by atoms with Crippen LogP contribution in [0.2, 0.25) is 0 Å². The summed E-state index contributed by atoms with van der Waals surface area (Å²) in [5.74, 6) is -0.607. The Morgan fingerprint density at radius 3 is 2.57 bits per heavy atom. The molecule has 0 saturated carbocycles. The van der Waals surface area contributed by atoms with E-state index >= 15 is 0 Å². The smallest absolute Gasteiger partial charge is 0.313 e. The van der Waals surface area contributed by atoms with Crippen molar-refractivity contribution in [1.82, 2.24) is 0 Å². The van der Waals surface area contributed by atoms with Crippen LogP contribution in [-0.4, -0.2) is 10.9 Å². The molecule has 0 amide bonds. The quantitative estimate of drug-likeness (QED) is 0.436. The van der Waals surface area contributed by atoms with Crippen molar-refractivity contribution in [1.29, 1.82) is 0 Å². The zero-order chi connectivity index (χ0) is 16.7. The fourth-order valence-electron chi connectivity index (χ4n) is 2.41. The number of nitrogens with zero attached hydrogens (tertiary/aromatic N) is 1. The standard InChI is InChI=1S/C18H19NO4/c1-2-7-17(15-9-4-3-5-10-15)18(20)23-13-14-8-6-11-16(12-14)19(21)22/h3-6,8-12,17H,2,7,13H2,1H3. The molecule has 2 aromatic carbocycles. The molecule has 0 aliphatic carbocycles. The van der Waals surface area contributed by atoms with Gasteiger partial charge in [0.1, 0.15) is 6.61 Å². The zero-order valence-corrected chi connectivity index (χ0v) is 13.0.